The number of aromatic nitrogens is 1. The SMILES string of the molecule is COc1ccc(C2c3[nH]c4ccc(Cl)cc4c3CCN2S(=O)(=O)c2ccccc2)cc1. The predicted molar refractivity (Wildman–Crippen MR) is 122 cm³/mol. The number of aromatic amines is 1. The molecule has 0 spiro atoms. The number of benzene rings is 3. The van der Waals surface area contributed by atoms with Crippen molar-refractivity contribution in [2.75, 3.05) is 13.7 Å². The molecule has 0 fully saturated rings. The molecule has 0 saturated heterocycles. The number of H-pyrrole nitrogens is 1. The van der Waals surface area contributed by atoms with Crippen molar-refractivity contribution in [2.45, 2.75) is 17.4 Å². The van der Waals surface area contributed by atoms with Crippen LogP contribution in [0.4, 0.5) is 0 Å². The standard InChI is InChI=1S/C24H21ClN2O3S/c1-30-18-10-7-16(8-11-18)24-23-20(21-15-17(25)9-12-22(21)26-23)13-14-27(24)31(28,29)19-5-3-2-4-6-19/h2-12,15,24,26H,13-14H2,1H3. The summed E-state index contributed by atoms with van der Waals surface area (Å²) in [5, 5.41) is 1.70. The Morgan fingerprint density at radius 2 is 1.77 bits per heavy atom. The lowest BCUT2D eigenvalue weighted by molar-refractivity contribution is 0.340. The van der Waals surface area contributed by atoms with Gasteiger partial charge in [0, 0.05) is 28.2 Å². The first-order chi connectivity index (χ1) is 15.0. The minimum absolute atomic E-state index is 0.288. The maximum Gasteiger partial charge on any atom is 0.244 e. The highest BCUT2D eigenvalue weighted by Crippen LogP contribution is 2.41. The maximum atomic E-state index is 13.6. The normalized spacial score (nSPS) is 16.9. The van der Waals surface area contributed by atoms with Crippen LogP contribution < -0.4 is 4.74 Å². The summed E-state index contributed by atoms with van der Waals surface area (Å²) in [6.07, 6.45) is 0.606. The third kappa shape index (κ3) is 3.41. The van der Waals surface area contributed by atoms with Gasteiger partial charge in [0.15, 0.2) is 0 Å². The van der Waals surface area contributed by atoms with E-state index in [9.17, 15) is 8.42 Å². The zero-order chi connectivity index (χ0) is 21.6. The Bertz CT molecular complexity index is 1350. The van der Waals surface area contributed by atoms with Gasteiger partial charge in [-0.3, -0.25) is 0 Å². The van der Waals surface area contributed by atoms with Crippen molar-refractivity contribution in [1.29, 1.82) is 0 Å². The summed E-state index contributed by atoms with van der Waals surface area (Å²) in [7, 11) is -2.09. The van der Waals surface area contributed by atoms with Gasteiger partial charge in [0.05, 0.1) is 18.0 Å². The molecule has 0 radical (unpaired) electrons. The molecule has 0 saturated carbocycles. The second kappa shape index (κ2) is 7.71. The molecule has 1 unspecified atom stereocenters. The van der Waals surface area contributed by atoms with Crippen molar-refractivity contribution in [3.63, 3.8) is 0 Å². The van der Waals surface area contributed by atoms with Gasteiger partial charge in [0.25, 0.3) is 0 Å². The summed E-state index contributed by atoms with van der Waals surface area (Å²) in [5.41, 5.74) is 3.82. The van der Waals surface area contributed by atoms with Crippen molar-refractivity contribution >= 4 is 32.5 Å². The van der Waals surface area contributed by atoms with Crippen molar-refractivity contribution in [3.8, 4) is 5.75 Å². The van der Waals surface area contributed by atoms with Crippen molar-refractivity contribution in [2.24, 2.45) is 0 Å². The molecule has 0 bridgehead atoms. The van der Waals surface area contributed by atoms with Crippen molar-refractivity contribution in [3.05, 3.63) is 94.6 Å². The fraction of sp³-hybridized carbons (Fsp3) is 0.167. The molecule has 4 aromatic rings. The first kappa shape index (κ1) is 20.1. The summed E-state index contributed by atoms with van der Waals surface area (Å²) >= 11 is 6.25. The molecule has 1 atom stereocenters. The van der Waals surface area contributed by atoms with Crippen LogP contribution >= 0.6 is 11.6 Å². The number of hydrogen-bond acceptors (Lipinski definition) is 3. The van der Waals surface area contributed by atoms with E-state index in [4.69, 9.17) is 16.3 Å². The number of methoxy groups -OCH3 is 1. The monoisotopic (exact) mass is 452 g/mol. The topological polar surface area (TPSA) is 62.4 Å². The van der Waals surface area contributed by atoms with E-state index in [0.717, 1.165) is 33.5 Å². The van der Waals surface area contributed by atoms with Crippen LogP contribution in [0.3, 0.4) is 0 Å². The van der Waals surface area contributed by atoms with Crippen LogP contribution in [0.2, 0.25) is 5.02 Å². The molecule has 3 aromatic carbocycles. The van der Waals surface area contributed by atoms with Gasteiger partial charge in [0.1, 0.15) is 5.75 Å². The van der Waals surface area contributed by atoms with E-state index in [0.29, 0.717) is 18.0 Å². The van der Waals surface area contributed by atoms with E-state index in [1.165, 1.54) is 0 Å². The number of rotatable bonds is 4. The smallest absolute Gasteiger partial charge is 0.244 e. The minimum Gasteiger partial charge on any atom is -0.497 e. The molecule has 1 N–H and O–H groups in total. The summed E-state index contributed by atoms with van der Waals surface area (Å²) in [6, 6.07) is 21.4. The molecule has 31 heavy (non-hydrogen) atoms. The molecule has 0 aliphatic carbocycles. The minimum atomic E-state index is -3.71. The largest absolute Gasteiger partial charge is 0.497 e. The highest BCUT2D eigenvalue weighted by atomic mass is 35.5. The number of nitrogens with zero attached hydrogens (tertiary/aromatic N) is 1. The average Bonchev–Trinajstić information content (AvgIpc) is 3.17. The number of ether oxygens (including phenoxy) is 1. The van der Waals surface area contributed by atoms with E-state index in [-0.39, 0.29) is 4.90 Å². The molecule has 1 aromatic heterocycles. The predicted octanol–water partition coefficient (Wildman–Crippen LogP) is 5.17. The first-order valence-electron chi connectivity index (χ1n) is 10.00. The van der Waals surface area contributed by atoms with Gasteiger partial charge < -0.3 is 9.72 Å². The molecule has 7 heteroatoms. The molecule has 5 nitrogen and oxygen atoms in total. The Hall–Kier alpha value is -2.80. The molecular formula is C24H21ClN2O3S. The van der Waals surface area contributed by atoms with Crippen LogP contribution in [0.5, 0.6) is 5.75 Å². The van der Waals surface area contributed by atoms with Crippen molar-refractivity contribution < 1.29 is 13.2 Å². The Kier molecular flexibility index (Phi) is 5.01. The molecular weight excluding hydrogens is 432 g/mol. The quantitative estimate of drug-likeness (QED) is 0.464. The van der Waals surface area contributed by atoms with Crippen LogP contribution in [-0.2, 0) is 16.4 Å². The zero-order valence-electron chi connectivity index (χ0n) is 16.9. The number of hydrogen-bond donors (Lipinski definition) is 1. The lowest BCUT2D eigenvalue weighted by Gasteiger charge is -2.35. The van der Waals surface area contributed by atoms with Crippen LogP contribution in [-0.4, -0.2) is 31.4 Å². The lowest BCUT2D eigenvalue weighted by Crippen LogP contribution is -2.40. The number of halogens is 1. The van der Waals surface area contributed by atoms with E-state index in [2.05, 4.69) is 4.98 Å². The third-order valence-corrected chi connectivity index (χ3v) is 7.94. The van der Waals surface area contributed by atoms with Crippen LogP contribution in [0.25, 0.3) is 10.9 Å². The fourth-order valence-electron chi connectivity index (χ4n) is 4.34. The number of nitrogens with one attached hydrogen (secondary N) is 1. The van der Waals surface area contributed by atoms with Crippen LogP contribution in [0.15, 0.2) is 77.7 Å². The lowest BCUT2D eigenvalue weighted by atomic mass is 9.94. The van der Waals surface area contributed by atoms with Gasteiger partial charge in [-0.2, -0.15) is 4.31 Å². The molecule has 5 rings (SSSR count). The summed E-state index contributed by atoms with van der Waals surface area (Å²) in [6.45, 7) is 0.375. The summed E-state index contributed by atoms with van der Waals surface area (Å²) in [4.78, 5) is 3.77. The van der Waals surface area contributed by atoms with Gasteiger partial charge in [-0.25, -0.2) is 8.42 Å². The second-order valence-electron chi connectivity index (χ2n) is 7.56. The molecule has 158 valence electrons. The van der Waals surface area contributed by atoms with Gasteiger partial charge >= 0.3 is 0 Å². The van der Waals surface area contributed by atoms with Crippen LogP contribution in [0, 0.1) is 0 Å². The van der Waals surface area contributed by atoms with Gasteiger partial charge in [-0.05, 0) is 60.0 Å². The fourth-order valence-corrected chi connectivity index (χ4v) is 6.12. The maximum absolute atomic E-state index is 13.6. The first-order valence-corrected chi connectivity index (χ1v) is 11.8. The van der Waals surface area contributed by atoms with E-state index < -0.39 is 16.1 Å². The molecule has 1 aliphatic heterocycles. The molecule has 1 aliphatic rings. The Balaban J connectivity index is 1.71. The number of sulfonamides is 1. The third-order valence-electron chi connectivity index (χ3n) is 5.83. The van der Waals surface area contributed by atoms with Crippen LogP contribution in [0.1, 0.15) is 22.9 Å². The molecule has 2 heterocycles. The Morgan fingerprint density at radius 3 is 2.48 bits per heavy atom. The number of fused-ring (bicyclic) bond motifs is 3. The van der Waals surface area contributed by atoms with Gasteiger partial charge in [-0.1, -0.05) is 41.9 Å². The highest BCUT2D eigenvalue weighted by molar-refractivity contribution is 7.89. The van der Waals surface area contributed by atoms with Gasteiger partial charge in [-0.15, -0.1) is 0 Å². The second-order valence-corrected chi connectivity index (χ2v) is 9.89. The van der Waals surface area contributed by atoms with E-state index in [1.54, 1.807) is 35.7 Å². The Morgan fingerprint density at radius 1 is 1.03 bits per heavy atom. The van der Waals surface area contributed by atoms with Crippen molar-refractivity contribution in [1.82, 2.24) is 9.29 Å². The summed E-state index contributed by atoms with van der Waals surface area (Å²) < 4.78 is 34.2. The molecule has 0 amide bonds. The Labute approximate surface area is 186 Å². The summed E-state index contributed by atoms with van der Waals surface area (Å²) in [5.74, 6) is 0.723. The van der Waals surface area contributed by atoms with Gasteiger partial charge in [0.2, 0.25) is 10.0 Å². The zero-order valence-corrected chi connectivity index (χ0v) is 18.5. The van der Waals surface area contributed by atoms with E-state index >= 15 is 0 Å². The highest BCUT2D eigenvalue weighted by Gasteiger charge is 2.39. The van der Waals surface area contributed by atoms with E-state index in [1.807, 2.05) is 48.5 Å². The average molecular weight is 453 g/mol.